The van der Waals surface area contributed by atoms with Crippen LogP contribution in [0.4, 0.5) is 5.69 Å². The number of anilines is 1. The van der Waals surface area contributed by atoms with Gasteiger partial charge in [0.05, 0.1) is 0 Å². The number of nitrogens with one attached hydrogen (secondary N) is 1. The molecule has 1 aromatic carbocycles. The van der Waals surface area contributed by atoms with Crippen molar-refractivity contribution in [3.8, 4) is 0 Å². The number of para-hydroxylation sites is 1. The van der Waals surface area contributed by atoms with Crippen LogP contribution in [-0.2, 0) is 6.42 Å². The van der Waals surface area contributed by atoms with Crippen LogP contribution in [0.15, 0.2) is 24.3 Å². The molecule has 1 atom stereocenters. The first-order valence-corrected chi connectivity index (χ1v) is 8.32. The number of nitrogens with zero attached hydrogens (tertiary/aromatic N) is 1. The molecule has 1 N–H and O–H groups in total. The minimum atomic E-state index is 0.596. The SMILES string of the molecule is CCC1(CC)CCN(C2CCc3ccccc3NC2)C1. The molecule has 0 bridgehead atoms. The van der Waals surface area contributed by atoms with E-state index in [2.05, 4.69) is 48.3 Å². The van der Waals surface area contributed by atoms with Crippen LogP contribution < -0.4 is 5.32 Å². The molecule has 2 aliphatic rings. The van der Waals surface area contributed by atoms with Crippen molar-refractivity contribution in [3.05, 3.63) is 29.8 Å². The fraction of sp³-hybridized carbons (Fsp3) is 0.667. The second-order valence-electron chi connectivity index (χ2n) is 6.66. The first kappa shape index (κ1) is 13.9. The first-order valence-electron chi connectivity index (χ1n) is 8.32. The smallest absolute Gasteiger partial charge is 0.0373 e. The molecular formula is C18H28N2. The average Bonchev–Trinajstić information content (AvgIpc) is 2.82. The van der Waals surface area contributed by atoms with Crippen LogP contribution >= 0.6 is 0 Å². The van der Waals surface area contributed by atoms with Gasteiger partial charge in [-0.15, -0.1) is 0 Å². The highest BCUT2D eigenvalue weighted by Crippen LogP contribution is 2.38. The fourth-order valence-electron chi connectivity index (χ4n) is 3.98. The van der Waals surface area contributed by atoms with Gasteiger partial charge in [0.15, 0.2) is 0 Å². The summed E-state index contributed by atoms with van der Waals surface area (Å²) in [4.78, 5) is 2.76. The molecule has 0 spiro atoms. The highest BCUT2D eigenvalue weighted by molar-refractivity contribution is 5.52. The van der Waals surface area contributed by atoms with Gasteiger partial charge >= 0.3 is 0 Å². The van der Waals surface area contributed by atoms with Crippen LogP contribution in [0.3, 0.4) is 0 Å². The van der Waals surface area contributed by atoms with E-state index in [9.17, 15) is 0 Å². The van der Waals surface area contributed by atoms with E-state index in [1.165, 1.54) is 56.4 Å². The summed E-state index contributed by atoms with van der Waals surface area (Å²) in [7, 11) is 0. The van der Waals surface area contributed by atoms with Crippen molar-refractivity contribution in [2.45, 2.75) is 52.0 Å². The first-order chi connectivity index (χ1) is 9.76. The minimum absolute atomic E-state index is 0.596. The Hall–Kier alpha value is -1.02. The lowest BCUT2D eigenvalue weighted by molar-refractivity contribution is 0.193. The Morgan fingerprint density at radius 2 is 2.05 bits per heavy atom. The third-order valence-electron chi connectivity index (χ3n) is 5.78. The van der Waals surface area contributed by atoms with Crippen molar-refractivity contribution in [1.82, 2.24) is 4.90 Å². The molecule has 2 heteroatoms. The predicted molar refractivity (Wildman–Crippen MR) is 86.2 cm³/mol. The minimum Gasteiger partial charge on any atom is -0.383 e. The van der Waals surface area contributed by atoms with E-state index in [-0.39, 0.29) is 0 Å². The van der Waals surface area contributed by atoms with E-state index in [4.69, 9.17) is 0 Å². The maximum Gasteiger partial charge on any atom is 0.0373 e. The number of hydrogen-bond acceptors (Lipinski definition) is 2. The molecular weight excluding hydrogens is 244 g/mol. The largest absolute Gasteiger partial charge is 0.383 e. The van der Waals surface area contributed by atoms with E-state index in [0.29, 0.717) is 11.5 Å². The quantitative estimate of drug-likeness (QED) is 0.897. The zero-order valence-corrected chi connectivity index (χ0v) is 13.0. The Bertz CT molecular complexity index is 423. The van der Waals surface area contributed by atoms with Crippen molar-refractivity contribution in [1.29, 1.82) is 0 Å². The molecule has 1 fully saturated rings. The molecule has 2 nitrogen and oxygen atoms in total. The summed E-state index contributed by atoms with van der Waals surface area (Å²) < 4.78 is 0. The van der Waals surface area contributed by atoms with Gasteiger partial charge < -0.3 is 5.32 Å². The van der Waals surface area contributed by atoms with Gasteiger partial charge in [0.25, 0.3) is 0 Å². The monoisotopic (exact) mass is 272 g/mol. The summed E-state index contributed by atoms with van der Waals surface area (Å²) in [6, 6.07) is 9.51. The van der Waals surface area contributed by atoms with Crippen LogP contribution in [0.1, 0.15) is 45.1 Å². The lowest BCUT2D eigenvalue weighted by Crippen LogP contribution is -2.39. The molecule has 2 heterocycles. The second kappa shape index (κ2) is 5.77. The van der Waals surface area contributed by atoms with E-state index < -0.39 is 0 Å². The number of benzene rings is 1. The summed E-state index contributed by atoms with van der Waals surface area (Å²) in [6.45, 7) is 8.45. The zero-order chi connectivity index (χ0) is 14.0. The Balaban J connectivity index is 1.66. The van der Waals surface area contributed by atoms with Gasteiger partial charge in [-0.25, -0.2) is 0 Å². The summed E-state index contributed by atoms with van der Waals surface area (Å²) in [6.07, 6.45) is 6.58. The number of likely N-dealkylation sites (tertiary alicyclic amines) is 1. The normalized spacial score (nSPS) is 25.8. The summed E-state index contributed by atoms with van der Waals surface area (Å²) in [5.74, 6) is 0. The van der Waals surface area contributed by atoms with Gasteiger partial charge in [-0.2, -0.15) is 0 Å². The topological polar surface area (TPSA) is 15.3 Å². The molecule has 0 saturated carbocycles. The number of aryl methyl sites for hydroxylation is 1. The molecule has 3 rings (SSSR count). The molecule has 0 radical (unpaired) electrons. The molecule has 0 aromatic heterocycles. The van der Waals surface area contributed by atoms with Crippen molar-refractivity contribution >= 4 is 5.69 Å². The molecule has 1 aromatic rings. The van der Waals surface area contributed by atoms with Gasteiger partial charge in [0.1, 0.15) is 0 Å². The van der Waals surface area contributed by atoms with E-state index in [1.807, 2.05) is 0 Å². The van der Waals surface area contributed by atoms with Crippen molar-refractivity contribution in [3.63, 3.8) is 0 Å². The van der Waals surface area contributed by atoms with Crippen molar-refractivity contribution in [2.24, 2.45) is 5.41 Å². The Labute approximate surface area is 123 Å². The highest BCUT2D eigenvalue weighted by atomic mass is 15.2. The van der Waals surface area contributed by atoms with Gasteiger partial charge in [0, 0.05) is 24.8 Å². The molecule has 1 saturated heterocycles. The third-order valence-corrected chi connectivity index (χ3v) is 5.78. The summed E-state index contributed by atoms with van der Waals surface area (Å²) >= 11 is 0. The van der Waals surface area contributed by atoms with Gasteiger partial charge in [-0.05, 0) is 55.7 Å². The van der Waals surface area contributed by atoms with Crippen molar-refractivity contribution in [2.75, 3.05) is 25.0 Å². The average molecular weight is 272 g/mol. The third kappa shape index (κ3) is 2.58. The Kier molecular flexibility index (Phi) is 4.02. The number of fused-ring (bicyclic) bond motifs is 1. The maximum atomic E-state index is 3.67. The van der Waals surface area contributed by atoms with Crippen LogP contribution in [-0.4, -0.2) is 30.6 Å². The Morgan fingerprint density at radius 3 is 2.80 bits per heavy atom. The molecule has 1 unspecified atom stereocenters. The van der Waals surface area contributed by atoms with Crippen LogP contribution in [0, 0.1) is 5.41 Å². The van der Waals surface area contributed by atoms with Crippen molar-refractivity contribution < 1.29 is 0 Å². The molecule has 0 amide bonds. The van der Waals surface area contributed by atoms with Crippen LogP contribution in [0.2, 0.25) is 0 Å². The van der Waals surface area contributed by atoms with E-state index in [0.717, 1.165) is 6.54 Å². The number of rotatable bonds is 3. The van der Waals surface area contributed by atoms with Gasteiger partial charge in [-0.3, -0.25) is 4.90 Å². The lowest BCUT2D eigenvalue weighted by atomic mass is 9.82. The fourth-order valence-corrected chi connectivity index (χ4v) is 3.98. The highest BCUT2D eigenvalue weighted by Gasteiger charge is 2.37. The van der Waals surface area contributed by atoms with E-state index in [1.54, 1.807) is 0 Å². The lowest BCUT2D eigenvalue weighted by Gasteiger charge is -2.30. The predicted octanol–water partition coefficient (Wildman–Crippen LogP) is 3.93. The van der Waals surface area contributed by atoms with Gasteiger partial charge in [-0.1, -0.05) is 32.0 Å². The maximum absolute atomic E-state index is 3.67. The Morgan fingerprint density at radius 1 is 1.25 bits per heavy atom. The molecule has 0 aliphatic carbocycles. The summed E-state index contributed by atoms with van der Waals surface area (Å²) in [5, 5.41) is 3.67. The zero-order valence-electron chi connectivity index (χ0n) is 13.0. The summed E-state index contributed by atoms with van der Waals surface area (Å²) in [5.41, 5.74) is 3.44. The van der Waals surface area contributed by atoms with Crippen LogP contribution in [0.5, 0.6) is 0 Å². The molecule has 110 valence electrons. The molecule has 2 aliphatic heterocycles. The standard InChI is InChI=1S/C18H28N2/c1-3-18(4-2)11-12-20(14-18)16-10-9-15-7-5-6-8-17(15)19-13-16/h5-8,16,19H,3-4,9-14H2,1-2H3. The number of hydrogen-bond donors (Lipinski definition) is 1. The molecule has 20 heavy (non-hydrogen) atoms. The van der Waals surface area contributed by atoms with Gasteiger partial charge in [0.2, 0.25) is 0 Å². The van der Waals surface area contributed by atoms with E-state index >= 15 is 0 Å². The second-order valence-corrected chi connectivity index (χ2v) is 6.66. The van der Waals surface area contributed by atoms with Crippen LogP contribution in [0.25, 0.3) is 0 Å².